The lowest BCUT2D eigenvalue weighted by Crippen LogP contribution is -2.56. The second-order valence-electron chi connectivity index (χ2n) is 14.1. The van der Waals surface area contributed by atoms with Crippen LogP contribution in [-0.4, -0.2) is 77.4 Å². The predicted octanol–water partition coefficient (Wildman–Crippen LogP) is 4.72. The Morgan fingerprint density at radius 2 is 1.47 bits per heavy atom. The number of carbonyl (C=O) groups is 5. The summed E-state index contributed by atoms with van der Waals surface area (Å²) < 4.78 is 17.3. The van der Waals surface area contributed by atoms with Crippen molar-refractivity contribution in [3.63, 3.8) is 0 Å². The molecule has 0 saturated carbocycles. The SMILES string of the molecule is COC(=O)C(NC(=O)N1C(=O)C2(c3ccccc31)C(C(=O)O)C1C(=O)OC(c3ccccc3)C(c3ccccc3)N1C2c1ccccc1OCCO)C(C)C. The summed E-state index contributed by atoms with van der Waals surface area (Å²) in [5.74, 6) is -5.97. The molecule has 13 heteroatoms. The number of urea groups is 1. The molecule has 0 radical (unpaired) electrons. The van der Waals surface area contributed by atoms with E-state index in [1.807, 2.05) is 60.7 Å². The fourth-order valence-electron chi connectivity index (χ4n) is 8.63. The van der Waals surface area contributed by atoms with Crippen molar-refractivity contribution in [3.8, 4) is 5.75 Å². The molecule has 3 N–H and O–H groups in total. The summed E-state index contributed by atoms with van der Waals surface area (Å²) in [7, 11) is 1.19. The van der Waals surface area contributed by atoms with E-state index in [9.17, 15) is 29.4 Å². The number of aliphatic hydroxyl groups is 1. The van der Waals surface area contributed by atoms with E-state index in [0.717, 1.165) is 4.90 Å². The Labute approximate surface area is 317 Å². The van der Waals surface area contributed by atoms with Gasteiger partial charge in [0.1, 0.15) is 41.9 Å². The standard InChI is InChI=1S/C42H41N3O10/c1-24(2)32(38(49)53-3)43-41(52)44-29-20-12-11-19-28(29)42(40(44)51)31(37(47)48)34-39(50)55-35(26-16-8-5-9-17-26)33(25-14-6-4-7-15-25)45(34)36(42)27-18-10-13-21-30(27)54-23-22-46/h4-21,24,31-36,46H,22-23H2,1-3H3,(H,43,52)(H,47,48). The fourth-order valence-corrected chi connectivity index (χ4v) is 8.63. The number of hydrogen-bond donors (Lipinski definition) is 3. The molecule has 3 amide bonds. The Hall–Kier alpha value is -6.05. The summed E-state index contributed by atoms with van der Waals surface area (Å²) >= 11 is 0. The number of aliphatic hydroxyl groups excluding tert-OH is 1. The number of anilines is 1. The number of aliphatic carboxylic acids is 1. The van der Waals surface area contributed by atoms with Crippen molar-refractivity contribution in [2.45, 2.75) is 49.5 Å². The summed E-state index contributed by atoms with van der Waals surface area (Å²) in [5, 5.41) is 23.8. The lowest BCUT2D eigenvalue weighted by Gasteiger charge is -2.46. The number of nitrogens with one attached hydrogen (secondary N) is 1. The van der Waals surface area contributed by atoms with Crippen LogP contribution in [0.3, 0.4) is 0 Å². The predicted molar refractivity (Wildman–Crippen MR) is 198 cm³/mol. The first kappa shape index (κ1) is 37.3. The molecule has 4 aromatic carbocycles. The van der Waals surface area contributed by atoms with E-state index in [2.05, 4.69) is 5.32 Å². The van der Waals surface area contributed by atoms with Gasteiger partial charge in [0.15, 0.2) is 0 Å². The molecule has 2 saturated heterocycles. The van der Waals surface area contributed by atoms with Gasteiger partial charge in [-0.1, -0.05) is 111 Å². The number of amides is 3. The van der Waals surface area contributed by atoms with E-state index in [0.29, 0.717) is 16.7 Å². The highest BCUT2D eigenvalue weighted by atomic mass is 16.6. The fraction of sp³-hybridized carbons (Fsp3) is 0.310. The number of carboxylic acids is 1. The van der Waals surface area contributed by atoms with E-state index in [4.69, 9.17) is 14.2 Å². The van der Waals surface area contributed by atoms with Crippen molar-refractivity contribution in [3.05, 3.63) is 131 Å². The van der Waals surface area contributed by atoms with Gasteiger partial charge in [-0.2, -0.15) is 0 Å². The van der Waals surface area contributed by atoms with E-state index < -0.39 is 77.4 Å². The number of hydrogen-bond acceptors (Lipinski definition) is 10. The van der Waals surface area contributed by atoms with Crippen molar-refractivity contribution < 1.29 is 48.4 Å². The van der Waals surface area contributed by atoms with Crippen LogP contribution in [0.15, 0.2) is 109 Å². The van der Waals surface area contributed by atoms with Crippen molar-refractivity contribution in [1.29, 1.82) is 0 Å². The lowest BCUT2D eigenvalue weighted by molar-refractivity contribution is -0.179. The smallest absolute Gasteiger partial charge is 0.329 e. The molecular weight excluding hydrogens is 706 g/mol. The summed E-state index contributed by atoms with van der Waals surface area (Å²) in [6, 6.07) is 25.6. The van der Waals surface area contributed by atoms with Crippen molar-refractivity contribution >= 4 is 35.5 Å². The number of carbonyl (C=O) groups excluding carboxylic acids is 4. The minimum Gasteiger partial charge on any atom is -0.491 e. The number of nitrogens with zero attached hydrogens (tertiary/aromatic N) is 2. The highest BCUT2D eigenvalue weighted by molar-refractivity contribution is 6.24. The molecule has 3 heterocycles. The van der Waals surface area contributed by atoms with Crippen LogP contribution in [0.4, 0.5) is 10.5 Å². The maximum absolute atomic E-state index is 15.7. The number of rotatable bonds is 10. The molecule has 3 aliphatic heterocycles. The molecule has 7 unspecified atom stereocenters. The third-order valence-corrected chi connectivity index (χ3v) is 10.8. The molecule has 13 nitrogen and oxygen atoms in total. The first-order valence-corrected chi connectivity index (χ1v) is 18.0. The van der Waals surface area contributed by atoms with Crippen LogP contribution in [0, 0.1) is 11.8 Å². The van der Waals surface area contributed by atoms with E-state index in [1.54, 1.807) is 61.2 Å². The van der Waals surface area contributed by atoms with Crippen LogP contribution >= 0.6 is 0 Å². The number of para-hydroxylation sites is 2. The zero-order valence-corrected chi connectivity index (χ0v) is 30.4. The lowest BCUT2D eigenvalue weighted by atomic mass is 9.65. The molecule has 0 bridgehead atoms. The molecule has 3 aliphatic rings. The quantitative estimate of drug-likeness (QED) is 0.192. The van der Waals surface area contributed by atoms with Gasteiger partial charge in [-0.3, -0.25) is 19.3 Å². The second kappa shape index (κ2) is 15.0. The first-order valence-electron chi connectivity index (χ1n) is 18.0. The van der Waals surface area contributed by atoms with Crippen LogP contribution in [0.1, 0.15) is 54.3 Å². The zero-order valence-electron chi connectivity index (χ0n) is 30.4. The molecular formula is C42H41N3O10. The van der Waals surface area contributed by atoms with E-state index in [1.165, 1.54) is 13.2 Å². The number of esters is 2. The number of methoxy groups -OCH3 is 1. The van der Waals surface area contributed by atoms with Gasteiger partial charge in [-0.15, -0.1) is 0 Å². The number of morpholine rings is 1. The average molecular weight is 748 g/mol. The minimum atomic E-state index is -2.15. The zero-order chi connectivity index (χ0) is 39.0. The molecule has 7 atom stereocenters. The van der Waals surface area contributed by atoms with Gasteiger partial charge in [-0.25, -0.2) is 14.5 Å². The van der Waals surface area contributed by atoms with Crippen LogP contribution in [0.2, 0.25) is 0 Å². The number of fused-ring (bicyclic) bond motifs is 3. The maximum atomic E-state index is 15.7. The second-order valence-corrected chi connectivity index (χ2v) is 14.1. The average Bonchev–Trinajstić information content (AvgIpc) is 3.66. The molecule has 2 fully saturated rings. The van der Waals surface area contributed by atoms with Crippen LogP contribution < -0.4 is 15.0 Å². The van der Waals surface area contributed by atoms with Gasteiger partial charge in [0, 0.05) is 5.56 Å². The molecule has 55 heavy (non-hydrogen) atoms. The Bertz CT molecular complexity index is 2110. The maximum Gasteiger partial charge on any atom is 0.329 e. The Morgan fingerprint density at radius 1 is 0.855 bits per heavy atom. The number of cyclic esters (lactones) is 1. The van der Waals surface area contributed by atoms with Gasteiger partial charge in [0.2, 0.25) is 5.91 Å². The third kappa shape index (κ3) is 6.00. The highest BCUT2D eigenvalue weighted by Crippen LogP contribution is 2.66. The topological polar surface area (TPSA) is 172 Å². The van der Waals surface area contributed by atoms with Crippen LogP contribution in [-0.2, 0) is 34.1 Å². The van der Waals surface area contributed by atoms with Crippen LogP contribution in [0.5, 0.6) is 5.75 Å². The summed E-state index contributed by atoms with van der Waals surface area (Å²) in [6.07, 6.45) is -0.956. The summed E-state index contributed by atoms with van der Waals surface area (Å²) in [5.41, 5.74) is -0.201. The molecule has 4 aromatic rings. The Kier molecular flexibility index (Phi) is 10.2. The number of ether oxygens (including phenoxy) is 3. The van der Waals surface area contributed by atoms with Crippen molar-refractivity contribution in [2.24, 2.45) is 11.8 Å². The summed E-state index contributed by atoms with van der Waals surface area (Å²) in [4.78, 5) is 74.2. The van der Waals surface area contributed by atoms with Gasteiger partial charge in [-0.05, 0) is 34.7 Å². The minimum absolute atomic E-state index is 0.0893. The number of imide groups is 1. The van der Waals surface area contributed by atoms with Crippen molar-refractivity contribution in [1.82, 2.24) is 10.2 Å². The van der Waals surface area contributed by atoms with Crippen molar-refractivity contribution in [2.75, 3.05) is 25.2 Å². The largest absolute Gasteiger partial charge is 0.491 e. The van der Waals surface area contributed by atoms with Gasteiger partial charge in [0.05, 0.1) is 31.5 Å². The monoisotopic (exact) mass is 747 g/mol. The van der Waals surface area contributed by atoms with Crippen LogP contribution in [0.25, 0.3) is 0 Å². The molecule has 7 rings (SSSR count). The number of carboxylic acid groups (broad SMARTS) is 1. The van der Waals surface area contributed by atoms with Gasteiger partial charge < -0.3 is 29.7 Å². The Morgan fingerprint density at radius 3 is 2.11 bits per heavy atom. The molecule has 284 valence electrons. The number of benzene rings is 4. The van der Waals surface area contributed by atoms with E-state index >= 15 is 4.79 Å². The summed E-state index contributed by atoms with van der Waals surface area (Å²) in [6.45, 7) is 2.95. The normalized spacial score (nSPS) is 24.9. The third-order valence-electron chi connectivity index (χ3n) is 10.8. The Balaban J connectivity index is 1.54. The first-order chi connectivity index (χ1) is 26.6. The molecule has 0 aromatic heterocycles. The molecule has 0 aliphatic carbocycles. The highest BCUT2D eigenvalue weighted by Gasteiger charge is 2.76. The molecule has 1 spiro atoms. The van der Waals surface area contributed by atoms with E-state index in [-0.39, 0.29) is 30.2 Å². The van der Waals surface area contributed by atoms with Gasteiger partial charge in [0.25, 0.3) is 0 Å². The van der Waals surface area contributed by atoms with Gasteiger partial charge >= 0.3 is 23.9 Å².